The van der Waals surface area contributed by atoms with Crippen molar-refractivity contribution in [3.8, 4) is 0 Å². The van der Waals surface area contributed by atoms with E-state index in [1.165, 1.54) is 0 Å². The van der Waals surface area contributed by atoms with E-state index in [0.29, 0.717) is 6.54 Å². The van der Waals surface area contributed by atoms with Crippen LogP contribution in [0.25, 0.3) is 0 Å². The Morgan fingerprint density at radius 1 is 1.44 bits per heavy atom. The van der Waals surface area contributed by atoms with Crippen LogP contribution in [0.5, 0.6) is 0 Å². The van der Waals surface area contributed by atoms with E-state index in [1.807, 2.05) is 36.0 Å². The fourth-order valence-electron chi connectivity index (χ4n) is 1.97. The topological polar surface area (TPSA) is 49.3 Å². The van der Waals surface area contributed by atoms with Gasteiger partial charge in [-0.3, -0.25) is 4.21 Å². The highest BCUT2D eigenvalue weighted by molar-refractivity contribution is 7.99. The van der Waals surface area contributed by atoms with E-state index in [9.17, 15) is 9.32 Å². The van der Waals surface area contributed by atoms with Crippen LogP contribution < -0.4 is 5.32 Å². The summed E-state index contributed by atoms with van der Waals surface area (Å²) >= 11 is 1.81. The average molecular weight is 285 g/mol. The van der Waals surface area contributed by atoms with Crippen LogP contribution in [0.15, 0.2) is 29.2 Å². The molecule has 1 aliphatic rings. The first-order chi connectivity index (χ1) is 8.59. The lowest BCUT2D eigenvalue weighted by molar-refractivity contribution is 0.0675. The molecule has 0 bridgehead atoms. The third-order valence-electron chi connectivity index (χ3n) is 3.12. The molecule has 1 aromatic rings. The molecule has 0 amide bonds. The number of hydrogen-bond donors (Lipinski definition) is 2. The van der Waals surface area contributed by atoms with E-state index >= 15 is 0 Å². The van der Waals surface area contributed by atoms with Gasteiger partial charge in [-0.15, -0.1) is 0 Å². The zero-order chi connectivity index (χ0) is 13.0. The van der Waals surface area contributed by atoms with Crippen molar-refractivity contribution in [2.45, 2.75) is 23.5 Å². The Bertz CT molecular complexity index is 414. The van der Waals surface area contributed by atoms with Crippen molar-refractivity contribution in [2.75, 3.05) is 24.3 Å². The molecule has 0 aromatic heterocycles. The first kappa shape index (κ1) is 14.1. The number of nitrogens with one attached hydrogen (secondary N) is 1. The lowest BCUT2D eigenvalue weighted by Gasteiger charge is -2.21. The van der Waals surface area contributed by atoms with Crippen LogP contribution in [0.2, 0.25) is 0 Å². The van der Waals surface area contributed by atoms with Gasteiger partial charge < -0.3 is 10.4 Å². The molecule has 3 nitrogen and oxygen atoms in total. The minimum absolute atomic E-state index is 0.532. The zero-order valence-corrected chi connectivity index (χ0v) is 12.1. The Morgan fingerprint density at radius 2 is 2.17 bits per heavy atom. The summed E-state index contributed by atoms with van der Waals surface area (Å²) in [5.74, 6) is 1.88. The van der Waals surface area contributed by atoms with Crippen LogP contribution in [0, 0.1) is 0 Å². The second kappa shape index (κ2) is 6.19. The van der Waals surface area contributed by atoms with Crippen molar-refractivity contribution >= 4 is 22.6 Å². The van der Waals surface area contributed by atoms with E-state index in [0.717, 1.165) is 34.9 Å². The van der Waals surface area contributed by atoms with Gasteiger partial charge in [-0.2, -0.15) is 11.8 Å². The van der Waals surface area contributed by atoms with Gasteiger partial charge in [0.25, 0.3) is 0 Å². The molecular formula is C13H19NO2S2. The summed E-state index contributed by atoms with van der Waals surface area (Å²) < 4.78 is 11.2. The molecule has 1 saturated heterocycles. The fourth-order valence-corrected chi connectivity index (χ4v) is 3.79. The van der Waals surface area contributed by atoms with E-state index in [-0.39, 0.29) is 0 Å². The number of rotatable bonds is 5. The molecule has 1 heterocycles. The molecular weight excluding hydrogens is 266 g/mol. The van der Waals surface area contributed by atoms with Crippen LogP contribution in [-0.2, 0) is 17.3 Å². The fraction of sp³-hybridized carbons (Fsp3) is 0.538. The monoisotopic (exact) mass is 285 g/mol. The van der Waals surface area contributed by atoms with Crippen LogP contribution >= 0.6 is 11.8 Å². The molecule has 1 fully saturated rings. The number of aliphatic hydroxyl groups is 1. The molecule has 2 atom stereocenters. The van der Waals surface area contributed by atoms with Crippen molar-refractivity contribution in [3.63, 3.8) is 0 Å². The van der Waals surface area contributed by atoms with Gasteiger partial charge in [-0.05, 0) is 29.9 Å². The smallest absolute Gasteiger partial charge is 0.0869 e. The molecule has 2 rings (SSSR count). The summed E-state index contributed by atoms with van der Waals surface area (Å²) in [5, 5.41) is 13.5. The van der Waals surface area contributed by atoms with E-state index < -0.39 is 16.4 Å². The summed E-state index contributed by atoms with van der Waals surface area (Å²) in [6.45, 7) is 1.38. The predicted octanol–water partition coefficient (Wildman–Crippen LogP) is 1.38. The normalized spacial score (nSPS) is 25.2. The molecule has 2 unspecified atom stereocenters. The van der Waals surface area contributed by atoms with E-state index in [1.54, 1.807) is 6.26 Å². The number of thioether (sulfide) groups is 1. The lowest BCUT2D eigenvalue weighted by atomic mass is 10.0. The Hall–Kier alpha value is -0.360. The first-order valence-electron chi connectivity index (χ1n) is 6.02. The van der Waals surface area contributed by atoms with Gasteiger partial charge in [0.1, 0.15) is 0 Å². The summed E-state index contributed by atoms with van der Waals surface area (Å²) in [6.07, 6.45) is 2.55. The minimum Gasteiger partial charge on any atom is -0.388 e. The molecule has 0 aliphatic carbocycles. The molecule has 0 radical (unpaired) electrons. The predicted molar refractivity (Wildman–Crippen MR) is 77.4 cm³/mol. The van der Waals surface area contributed by atoms with Crippen LogP contribution in [-0.4, -0.2) is 39.2 Å². The summed E-state index contributed by atoms with van der Waals surface area (Å²) in [7, 11) is -0.915. The molecule has 1 aromatic carbocycles. The maximum absolute atomic E-state index is 11.2. The highest BCUT2D eigenvalue weighted by atomic mass is 32.2. The maximum atomic E-state index is 11.2. The molecule has 1 aliphatic heterocycles. The van der Waals surface area contributed by atoms with Crippen molar-refractivity contribution in [2.24, 2.45) is 0 Å². The largest absolute Gasteiger partial charge is 0.388 e. The van der Waals surface area contributed by atoms with Crippen LogP contribution in [0.3, 0.4) is 0 Å². The first-order valence-corrected chi connectivity index (χ1v) is 8.74. The third kappa shape index (κ3) is 3.82. The molecule has 18 heavy (non-hydrogen) atoms. The van der Waals surface area contributed by atoms with Crippen LogP contribution in [0.1, 0.15) is 12.0 Å². The highest BCUT2D eigenvalue weighted by Crippen LogP contribution is 2.27. The summed E-state index contributed by atoms with van der Waals surface area (Å²) in [5.41, 5.74) is 0.619. The van der Waals surface area contributed by atoms with Crippen molar-refractivity contribution in [1.29, 1.82) is 0 Å². The molecule has 5 heteroatoms. The van der Waals surface area contributed by atoms with Crippen molar-refractivity contribution < 1.29 is 9.32 Å². The SMILES string of the molecule is CS(=O)c1ccc(CNCC2(O)CCSC2)cc1. The van der Waals surface area contributed by atoms with Gasteiger partial charge in [0.2, 0.25) is 0 Å². The molecule has 100 valence electrons. The summed E-state index contributed by atoms with van der Waals surface area (Å²) in [4.78, 5) is 0.851. The van der Waals surface area contributed by atoms with Gasteiger partial charge in [0.15, 0.2) is 0 Å². The van der Waals surface area contributed by atoms with Crippen molar-refractivity contribution in [1.82, 2.24) is 5.32 Å². The Balaban J connectivity index is 1.81. The second-order valence-electron chi connectivity index (χ2n) is 4.73. The van der Waals surface area contributed by atoms with Crippen molar-refractivity contribution in [3.05, 3.63) is 29.8 Å². The number of hydrogen-bond acceptors (Lipinski definition) is 4. The van der Waals surface area contributed by atoms with E-state index in [4.69, 9.17) is 0 Å². The summed E-state index contributed by atoms with van der Waals surface area (Å²) in [6, 6.07) is 7.76. The Kier molecular flexibility index (Phi) is 4.84. The number of benzene rings is 1. The van der Waals surface area contributed by atoms with Gasteiger partial charge in [-0.1, -0.05) is 12.1 Å². The highest BCUT2D eigenvalue weighted by Gasteiger charge is 2.30. The van der Waals surface area contributed by atoms with Gasteiger partial charge in [-0.25, -0.2) is 0 Å². The van der Waals surface area contributed by atoms with Crippen LogP contribution in [0.4, 0.5) is 0 Å². The quantitative estimate of drug-likeness (QED) is 0.858. The second-order valence-corrected chi connectivity index (χ2v) is 7.21. The molecule has 0 saturated carbocycles. The Labute approximate surface area is 115 Å². The van der Waals surface area contributed by atoms with E-state index in [2.05, 4.69) is 5.32 Å². The molecule has 0 spiro atoms. The third-order valence-corrected chi connectivity index (χ3v) is 5.29. The Morgan fingerprint density at radius 3 is 2.72 bits per heavy atom. The van der Waals surface area contributed by atoms with Gasteiger partial charge >= 0.3 is 0 Å². The average Bonchev–Trinajstić information content (AvgIpc) is 2.77. The van der Waals surface area contributed by atoms with Gasteiger partial charge in [0.05, 0.1) is 5.60 Å². The standard InChI is InChI=1S/C13H19NO2S2/c1-18(16)12-4-2-11(3-5-12)8-14-9-13(15)6-7-17-10-13/h2-5,14-15H,6-10H2,1H3. The minimum atomic E-state index is -0.915. The zero-order valence-electron chi connectivity index (χ0n) is 10.5. The molecule has 2 N–H and O–H groups in total. The maximum Gasteiger partial charge on any atom is 0.0869 e. The lowest BCUT2D eigenvalue weighted by Crippen LogP contribution is -2.40. The van der Waals surface area contributed by atoms with Gasteiger partial charge in [0, 0.05) is 40.8 Å².